The Balaban J connectivity index is 1.63. The van der Waals surface area contributed by atoms with E-state index in [-0.39, 0.29) is 6.10 Å². The van der Waals surface area contributed by atoms with Crippen LogP contribution in [0.2, 0.25) is 0 Å². The first-order valence-electron chi connectivity index (χ1n) is 7.42. The molecule has 1 unspecified atom stereocenters. The van der Waals surface area contributed by atoms with Crippen molar-refractivity contribution in [1.29, 1.82) is 0 Å². The molecule has 1 aromatic carbocycles. The molecule has 1 fully saturated rings. The molecular weight excluding hydrogens is 236 g/mol. The third-order valence-corrected chi connectivity index (χ3v) is 3.85. The van der Waals surface area contributed by atoms with Crippen molar-refractivity contribution in [3.05, 3.63) is 35.9 Å². The number of piperidine rings is 1. The first-order valence-corrected chi connectivity index (χ1v) is 7.42. The number of hydrogen-bond acceptors (Lipinski definition) is 3. The predicted octanol–water partition coefficient (Wildman–Crippen LogP) is 1.66. The monoisotopic (exact) mass is 262 g/mol. The molecule has 106 valence electrons. The van der Waals surface area contributed by atoms with Gasteiger partial charge in [0.1, 0.15) is 0 Å². The highest BCUT2D eigenvalue weighted by Crippen LogP contribution is 2.11. The molecule has 19 heavy (non-hydrogen) atoms. The minimum Gasteiger partial charge on any atom is -0.392 e. The average Bonchev–Trinajstić information content (AvgIpc) is 2.45. The van der Waals surface area contributed by atoms with Crippen LogP contribution in [-0.4, -0.2) is 48.3 Å². The summed E-state index contributed by atoms with van der Waals surface area (Å²) in [5.41, 5.74) is 1.43. The van der Waals surface area contributed by atoms with Crippen LogP contribution in [0.15, 0.2) is 30.3 Å². The molecule has 0 aliphatic carbocycles. The van der Waals surface area contributed by atoms with Crippen molar-refractivity contribution >= 4 is 0 Å². The van der Waals surface area contributed by atoms with Gasteiger partial charge in [0.15, 0.2) is 0 Å². The highest BCUT2D eigenvalue weighted by Gasteiger charge is 2.18. The number of benzene rings is 1. The van der Waals surface area contributed by atoms with Gasteiger partial charge < -0.3 is 15.3 Å². The molecule has 1 aliphatic heterocycles. The van der Waals surface area contributed by atoms with E-state index in [9.17, 15) is 5.11 Å². The Kier molecular flexibility index (Phi) is 5.83. The van der Waals surface area contributed by atoms with E-state index in [1.807, 2.05) is 6.92 Å². The van der Waals surface area contributed by atoms with Crippen LogP contribution in [0.1, 0.15) is 25.3 Å². The zero-order valence-electron chi connectivity index (χ0n) is 11.9. The molecule has 2 N–H and O–H groups in total. The molecule has 1 aromatic rings. The van der Waals surface area contributed by atoms with Gasteiger partial charge in [-0.05, 0) is 44.8 Å². The Morgan fingerprint density at radius 2 is 1.95 bits per heavy atom. The van der Waals surface area contributed by atoms with Gasteiger partial charge in [-0.25, -0.2) is 0 Å². The Labute approximate surface area is 116 Å². The highest BCUT2D eigenvalue weighted by molar-refractivity contribution is 5.14. The molecule has 1 saturated heterocycles. The Bertz CT molecular complexity index is 345. The number of nitrogens with one attached hydrogen (secondary N) is 1. The lowest BCUT2D eigenvalue weighted by molar-refractivity contribution is 0.162. The van der Waals surface area contributed by atoms with E-state index in [0.717, 1.165) is 13.0 Å². The topological polar surface area (TPSA) is 35.5 Å². The lowest BCUT2D eigenvalue weighted by Crippen LogP contribution is -2.44. The second-order valence-corrected chi connectivity index (χ2v) is 5.61. The molecular formula is C16H26N2O. The van der Waals surface area contributed by atoms with Crippen LogP contribution in [-0.2, 0) is 6.42 Å². The van der Waals surface area contributed by atoms with Crippen LogP contribution in [0, 0.1) is 0 Å². The molecule has 3 heteroatoms. The third-order valence-electron chi connectivity index (χ3n) is 3.85. The van der Waals surface area contributed by atoms with E-state index in [0.29, 0.717) is 12.6 Å². The van der Waals surface area contributed by atoms with Gasteiger partial charge in [0.2, 0.25) is 0 Å². The van der Waals surface area contributed by atoms with Gasteiger partial charge in [0.25, 0.3) is 0 Å². The second-order valence-electron chi connectivity index (χ2n) is 5.61. The van der Waals surface area contributed by atoms with Crippen LogP contribution in [0.5, 0.6) is 0 Å². The summed E-state index contributed by atoms with van der Waals surface area (Å²) < 4.78 is 0. The van der Waals surface area contributed by atoms with Gasteiger partial charge in [-0.3, -0.25) is 0 Å². The number of aliphatic hydroxyl groups is 1. The Hall–Kier alpha value is -0.900. The first-order chi connectivity index (χ1) is 9.24. The first kappa shape index (κ1) is 14.5. The molecule has 0 saturated carbocycles. The number of hydrogen-bond donors (Lipinski definition) is 2. The molecule has 0 aromatic heterocycles. The van der Waals surface area contributed by atoms with Gasteiger partial charge in [-0.2, -0.15) is 0 Å². The fraction of sp³-hybridized carbons (Fsp3) is 0.625. The third kappa shape index (κ3) is 5.31. The fourth-order valence-electron chi connectivity index (χ4n) is 2.63. The van der Waals surface area contributed by atoms with Crippen molar-refractivity contribution in [2.24, 2.45) is 0 Å². The smallest absolute Gasteiger partial charge is 0.0636 e. The minimum absolute atomic E-state index is 0.240. The molecule has 0 spiro atoms. The minimum atomic E-state index is -0.240. The summed E-state index contributed by atoms with van der Waals surface area (Å²) >= 11 is 0. The number of likely N-dealkylation sites (tertiary alicyclic amines) is 1. The Morgan fingerprint density at radius 3 is 2.58 bits per heavy atom. The van der Waals surface area contributed by atoms with Crippen LogP contribution >= 0.6 is 0 Å². The largest absolute Gasteiger partial charge is 0.392 e. The maximum atomic E-state index is 9.27. The second kappa shape index (κ2) is 7.63. The molecule has 3 nitrogen and oxygen atoms in total. The summed E-state index contributed by atoms with van der Waals surface area (Å²) in [7, 11) is 0. The van der Waals surface area contributed by atoms with E-state index >= 15 is 0 Å². The Morgan fingerprint density at radius 1 is 1.26 bits per heavy atom. The summed E-state index contributed by atoms with van der Waals surface area (Å²) in [5.74, 6) is 0. The van der Waals surface area contributed by atoms with Gasteiger partial charge in [-0.15, -0.1) is 0 Å². The maximum absolute atomic E-state index is 9.27. The van der Waals surface area contributed by atoms with Gasteiger partial charge in [-0.1, -0.05) is 30.3 Å². The fourth-order valence-corrected chi connectivity index (χ4v) is 2.63. The van der Waals surface area contributed by atoms with Crippen LogP contribution in [0.3, 0.4) is 0 Å². The summed E-state index contributed by atoms with van der Waals surface area (Å²) in [6.45, 7) is 6.05. The number of rotatable bonds is 6. The van der Waals surface area contributed by atoms with Crippen LogP contribution in [0.25, 0.3) is 0 Å². The predicted molar refractivity (Wildman–Crippen MR) is 79.3 cm³/mol. The zero-order chi connectivity index (χ0) is 13.5. The summed E-state index contributed by atoms with van der Waals surface area (Å²) in [6, 6.07) is 11.3. The molecule has 2 rings (SSSR count). The van der Waals surface area contributed by atoms with E-state index in [1.54, 1.807) is 0 Å². The zero-order valence-corrected chi connectivity index (χ0v) is 11.9. The van der Waals surface area contributed by atoms with Crippen molar-refractivity contribution in [3.63, 3.8) is 0 Å². The molecule has 1 aliphatic rings. The number of aliphatic hydroxyl groups excluding tert-OH is 1. The number of nitrogens with zero attached hydrogens (tertiary/aromatic N) is 1. The lowest BCUT2D eigenvalue weighted by Gasteiger charge is -2.32. The van der Waals surface area contributed by atoms with Crippen molar-refractivity contribution in [2.75, 3.05) is 26.2 Å². The van der Waals surface area contributed by atoms with E-state index in [1.165, 1.54) is 31.5 Å². The normalized spacial score (nSPS) is 19.5. The summed E-state index contributed by atoms with van der Waals surface area (Å²) in [6.07, 6.45) is 3.30. The maximum Gasteiger partial charge on any atom is 0.0636 e. The molecule has 1 heterocycles. The van der Waals surface area contributed by atoms with Gasteiger partial charge >= 0.3 is 0 Å². The van der Waals surface area contributed by atoms with Gasteiger partial charge in [0.05, 0.1) is 6.10 Å². The van der Waals surface area contributed by atoms with E-state index in [4.69, 9.17) is 0 Å². The molecule has 1 atom stereocenters. The summed E-state index contributed by atoms with van der Waals surface area (Å²) in [4.78, 5) is 2.55. The van der Waals surface area contributed by atoms with E-state index < -0.39 is 0 Å². The SMILES string of the molecule is CC(O)CNC1CCN(CCc2ccccc2)CC1. The lowest BCUT2D eigenvalue weighted by atomic mass is 10.0. The molecule has 0 bridgehead atoms. The quantitative estimate of drug-likeness (QED) is 0.818. The van der Waals surface area contributed by atoms with Crippen molar-refractivity contribution < 1.29 is 5.11 Å². The van der Waals surface area contributed by atoms with Crippen molar-refractivity contribution in [3.8, 4) is 0 Å². The highest BCUT2D eigenvalue weighted by atomic mass is 16.3. The van der Waals surface area contributed by atoms with Crippen LogP contribution in [0.4, 0.5) is 0 Å². The van der Waals surface area contributed by atoms with E-state index in [2.05, 4.69) is 40.5 Å². The van der Waals surface area contributed by atoms with Crippen molar-refractivity contribution in [1.82, 2.24) is 10.2 Å². The molecule has 0 amide bonds. The van der Waals surface area contributed by atoms with Crippen molar-refractivity contribution in [2.45, 2.75) is 38.3 Å². The standard InChI is InChI=1S/C16H26N2O/c1-14(19)13-17-16-8-11-18(12-9-16)10-7-15-5-3-2-4-6-15/h2-6,14,16-17,19H,7-13H2,1H3. The molecule has 0 radical (unpaired) electrons. The average molecular weight is 262 g/mol. The summed E-state index contributed by atoms with van der Waals surface area (Å²) in [5, 5.41) is 12.7. The van der Waals surface area contributed by atoms with Gasteiger partial charge in [0, 0.05) is 19.1 Å². The van der Waals surface area contributed by atoms with Crippen LogP contribution < -0.4 is 5.32 Å².